The highest BCUT2D eigenvalue weighted by Crippen LogP contribution is 2.68. The molecular formula is C63H108N2O16. The van der Waals surface area contributed by atoms with Crippen molar-refractivity contribution in [2.75, 3.05) is 99.7 Å². The lowest BCUT2D eigenvalue weighted by atomic mass is 9.44. The molecule has 18 nitrogen and oxygen atoms in total. The zero-order valence-corrected chi connectivity index (χ0v) is 51.4. The number of esters is 6. The lowest BCUT2D eigenvalue weighted by Crippen LogP contribution is -2.54. The Bertz CT molecular complexity index is 1880. The SMILES string of the molecule is CCCC(=O)OCCCCOC(=O)CCN(CCCOC(=O)OC1CC[C@@]2(C)C(CCC3C2CC[C@@]2(C)C3CC[C@@H]2[C@H](C)CCCC(C)C)C1)CCC(=O)OCCCCOC(=O)CCN(C)CCCOC(=O)CCC(=O)OCCOC. The predicted octanol–water partition coefficient (Wildman–Crippen LogP) is 10.9. The third-order valence-corrected chi connectivity index (χ3v) is 18.5. The number of unbranched alkanes of at least 4 members (excludes halogenated alkanes) is 2. The quantitative estimate of drug-likeness (QED) is 0.0317. The summed E-state index contributed by atoms with van der Waals surface area (Å²) in [5.74, 6) is 3.11. The van der Waals surface area contributed by atoms with Gasteiger partial charge in [-0.15, -0.1) is 0 Å². The van der Waals surface area contributed by atoms with Crippen LogP contribution in [0.5, 0.6) is 0 Å². The van der Waals surface area contributed by atoms with Crippen molar-refractivity contribution < 1.29 is 76.2 Å². The third-order valence-electron chi connectivity index (χ3n) is 18.5. The van der Waals surface area contributed by atoms with Crippen LogP contribution < -0.4 is 0 Å². The number of fused-ring (bicyclic) bond motifs is 5. The van der Waals surface area contributed by atoms with Gasteiger partial charge >= 0.3 is 42.0 Å². The van der Waals surface area contributed by atoms with Crippen molar-refractivity contribution in [3.05, 3.63) is 0 Å². The van der Waals surface area contributed by atoms with Crippen molar-refractivity contribution in [1.29, 1.82) is 0 Å². The summed E-state index contributed by atoms with van der Waals surface area (Å²) < 4.78 is 48.0. The molecule has 0 amide bonds. The van der Waals surface area contributed by atoms with Crippen molar-refractivity contribution in [1.82, 2.24) is 9.80 Å². The van der Waals surface area contributed by atoms with Crippen molar-refractivity contribution in [2.45, 2.75) is 208 Å². The van der Waals surface area contributed by atoms with E-state index in [4.69, 9.17) is 42.6 Å². The molecule has 4 rings (SSSR count). The molecule has 4 aliphatic rings. The monoisotopic (exact) mass is 1150 g/mol. The maximum atomic E-state index is 13.1. The van der Waals surface area contributed by atoms with Gasteiger partial charge in [-0.05, 0) is 162 Å². The van der Waals surface area contributed by atoms with E-state index in [0.29, 0.717) is 95.6 Å². The second-order valence-electron chi connectivity index (χ2n) is 24.9. The largest absolute Gasteiger partial charge is 0.508 e. The van der Waals surface area contributed by atoms with Gasteiger partial charge in [-0.25, -0.2) is 4.79 Å². The summed E-state index contributed by atoms with van der Waals surface area (Å²) >= 11 is 0. The first kappa shape index (κ1) is 69.5. The van der Waals surface area contributed by atoms with Crippen LogP contribution >= 0.6 is 0 Å². The minimum atomic E-state index is -0.634. The second kappa shape index (κ2) is 38.0. The summed E-state index contributed by atoms with van der Waals surface area (Å²) in [6, 6.07) is 0. The van der Waals surface area contributed by atoms with Crippen LogP contribution in [-0.2, 0) is 71.4 Å². The van der Waals surface area contributed by atoms with Crippen LogP contribution in [0.1, 0.15) is 202 Å². The summed E-state index contributed by atoms with van der Waals surface area (Å²) in [6.07, 6.45) is 18.8. The topological polar surface area (TPSA) is 209 Å². The smallest absolute Gasteiger partial charge is 0.466 e. The van der Waals surface area contributed by atoms with Crippen molar-refractivity contribution >= 4 is 42.0 Å². The molecule has 0 spiro atoms. The van der Waals surface area contributed by atoms with E-state index in [1.807, 2.05) is 23.8 Å². The molecule has 9 atom stereocenters. The van der Waals surface area contributed by atoms with E-state index in [1.54, 1.807) is 0 Å². The summed E-state index contributed by atoms with van der Waals surface area (Å²) in [5.41, 5.74) is 0.760. The molecule has 0 bridgehead atoms. The van der Waals surface area contributed by atoms with Crippen LogP contribution in [0.15, 0.2) is 0 Å². The number of methoxy groups -OCH3 is 1. The van der Waals surface area contributed by atoms with Gasteiger partial charge in [0, 0.05) is 46.3 Å². The minimum Gasteiger partial charge on any atom is -0.466 e. The van der Waals surface area contributed by atoms with Crippen LogP contribution in [0.4, 0.5) is 4.79 Å². The molecule has 0 aromatic heterocycles. The molecule has 4 saturated carbocycles. The normalized spacial score (nSPS) is 24.3. The van der Waals surface area contributed by atoms with Gasteiger partial charge in [-0.2, -0.15) is 0 Å². The van der Waals surface area contributed by atoms with E-state index in [9.17, 15) is 33.6 Å². The van der Waals surface area contributed by atoms with E-state index in [2.05, 4.69) is 34.6 Å². The maximum Gasteiger partial charge on any atom is 0.508 e. The molecule has 466 valence electrons. The number of carbonyl (C=O) groups excluding carboxylic acids is 7. The van der Waals surface area contributed by atoms with Gasteiger partial charge in [0.15, 0.2) is 0 Å². The van der Waals surface area contributed by atoms with Gasteiger partial charge in [0.05, 0.1) is 78.4 Å². The standard InChI is InChI=1S/C63H108N2O16/c1-9-17-55(66)74-38-10-11-40-76-59(70)29-36-65(37-30-60(71)77-41-13-12-39-75-58(69)28-35-64(7)33-15-42-78-56(67)24-25-57(68)79-45-44-73-8)34-16-43-80-61(72)81-50-26-31-62(5)49(46-50)20-21-51-53-23-22-52(48(4)19-14-18-47(2)3)63(53,6)32-27-54(51)62/h47-54H,9-46H2,1-8H3/t48-,49?,50?,51?,52-,53?,54?,62+,63-/m1/s1. The molecular weight excluding hydrogens is 1040 g/mol. The Kier molecular flexibility index (Phi) is 32.6. The zero-order chi connectivity index (χ0) is 59.0. The molecule has 0 aromatic carbocycles. The Morgan fingerprint density at radius 3 is 1.58 bits per heavy atom. The molecule has 0 aromatic rings. The number of hydrogen-bond donors (Lipinski definition) is 0. The molecule has 18 heteroatoms. The molecule has 0 heterocycles. The highest BCUT2D eigenvalue weighted by Gasteiger charge is 2.60. The van der Waals surface area contributed by atoms with Crippen LogP contribution in [0.25, 0.3) is 0 Å². The van der Waals surface area contributed by atoms with E-state index in [0.717, 1.165) is 61.2 Å². The molecule has 5 unspecified atom stereocenters. The van der Waals surface area contributed by atoms with E-state index in [-0.39, 0.29) is 114 Å². The summed E-state index contributed by atoms with van der Waals surface area (Å²) in [6.45, 7) is 18.2. The van der Waals surface area contributed by atoms with Crippen molar-refractivity contribution in [3.8, 4) is 0 Å². The molecule has 0 saturated heterocycles. The van der Waals surface area contributed by atoms with E-state index in [1.165, 1.54) is 64.9 Å². The summed E-state index contributed by atoms with van der Waals surface area (Å²) in [4.78, 5) is 90.1. The van der Waals surface area contributed by atoms with Crippen molar-refractivity contribution in [2.24, 2.45) is 52.3 Å². The fourth-order valence-corrected chi connectivity index (χ4v) is 13.9. The van der Waals surface area contributed by atoms with Crippen LogP contribution in [-0.4, -0.2) is 158 Å². The predicted molar refractivity (Wildman–Crippen MR) is 307 cm³/mol. The Hall–Kier alpha value is -4.03. The van der Waals surface area contributed by atoms with Crippen molar-refractivity contribution in [3.63, 3.8) is 0 Å². The third kappa shape index (κ3) is 25.4. The molecule has 4 fully saturated rings. The average molecular weight is 1150 g/mol. The van der Waals surface area contributed by atoms with Gasteiger partial charge in [-0.1, -0.05) is 60.8 Å². The minimum absolute atomic E-state index is 0.0536. The Morgan fingerprint density at radius 2 is 1.00 bits per heavy atom. The van der Waals surface area contributed by atoms with Crippen LogP contribution in [0.3, 0.4) is 0 Å². The number of rotatable bonds is 41. The second-order valence-corrected chi connectivity index (χ2v) is 24.9. The van der Waals surface area contributed by atoms with Gasteiger partial charge in [0.1, 0.15) is 12.7 Å². The number of hydrogen-bond acceptors (Lipinski definition) is 18. The maximum absolute atomic E-state index is 13.1. The number of ether oxygens (including phenoxy) is 9. The molecule has 0 aliphatic heterocycles. The molecule has 4 aliphatic carbocycles. The van der Waals surface area contributed by atoms with Gasteiger partial charge in [0.25, 0.3) is 0 Å². The molecule has 0 radical (unpaired) electrons. The first-order chi connectivity index (χ1) is 38.9. The zero-order valence-electron chi connectivity index (χ0n) is 51.4. The number of nitrogens with zero attached hydrogens (tertiary/aromatic N) is 2. The first-order valence-corrected chi connectivity index (χ1v) is 31.5. The van der Waals surface area contributed by atoms with Gasteiger partial charge < -0.3 is 52.4 Å². The lowest BCUT2D eigenvalue weighted by Gasteiger charge is -2.61. The van der Waals surface area contributed by atoms with E-state index >= 15 is 0 Å². The molecule has 81 heavy (non-hydrogen) atoms. The van der Waals surface area contributed by atoms with Crippen LogP contribution in [0.2, 0.25) is 0 Å². The van der Waals surface area contributed by atoms with E-state index < -0.39 is 18.1 Å². The Balaban J connectivity index is 1.11. The summed E-state index contributed by atoms with van der Waals surface area (Å²) in [7, 11) is 3.36. The Labute approximate surface area is 486 Å². The molecule has 0 N–H and O–H groups in total. The van der Waals surface area contributed by atoms with Gasteiger partial charge in [0.2, 0.25) is 0 Å². The highest BCUT2D eigenvalue weighted by molar-refractivity contribution is 5.77. The number of carbonyl (C=O) groups is 7. The lowest BCUT2D eigenvalue weighted by molar-refractivity contribution is -0.151. The first-order valence-electron chi connectivity index (χ1n) is 31.5. The summed E-state index contributed by atoms with van der Waals surface area (Å²) in [5, 5.41) is 0. The average Bonchev–Trinajstić information content (AvgIpc) is 4.07. The highest BCUT2D eigenvalue weighted by atomic mass is 16.7. The fourth-order valence-electron chi connectivity index (χ4n) is 13.9. The Morgan fingerprint density at radius 1 is 0.494 bits per heavy atom. The fraction of sp³-hybridized carbons (Fsp3) is 0.889. The van der Waals surface area contributed by atoms with Crippen LogP contribution in [0, 0.1) is 52.3 Å². The van der Waals surface area contributed by atoms with Gasteiger partial charge in [-0.3, -0.25) is 28.8 Å².